The number of amides is 1. The molecule has 0 radical (unpaired) electrons. The van der Waals surface area contributed by atoms with E-state index in [1.165, 1.54) is 12.1 Å². The highest BCUT2D eigenvalue weighted by Crippen LogP contribution is 2.36. The van der Waals surface area contributed by atoms with E-state index in [-0.39, 0.29) is 11.7 Å². The van der Waals surface area contributed by atoms with Gasteiger partial charge < -0.3 is 9.84 Å². The van der Waals surface area contributed by atoms with Gasteiger partial charge in [0.15, 0.2) is 11.5 Å². The number of ether oxygens (including phenoxy) is 1. The molecular formula is C23H17BrN2O3. The normalized spacial score (nSPS) is 15.0. The number of anilines is 1. The SMILES string of the molecule is COc1cc(C=C2C(=O)N(c3ccccc3)N=C2c2ccccc2)cc(Br)c1O. The van der Waals surface area contributed by atoms with Crippen molar-refractivity contribution in [1.29, 1.82) is 0 Å². The molecule has 0 saturated carbocycles. The molecule has 0 spiro atoms. The zero-order chi connectivity index (χ0) is 20.4. The maximum Gasteiger partial charge on any atom is 0.281 e. The van der Waals surface area contributed by atoms with E-state index in [1.807, 2.05) is 60.7 Å². The molecule has 1 N–H and O–H groups in total. The third-order valence-corrected chi connectivity index (χ3v) is 5.11. The van der Waals surface area contributed by atoms with Crippen LogP contribution in [0.5, 0.6) is 11.5 Å². The molecule has 29 heavy (non-hydrogen) atoms. The molecule has 5 nitrogen and oxygen atoms in total. The molecule has 0 atom stereocenters. The third-order valence-electron chi connectivity index (χ3n) is 4.51. The lowest BCUT2D eigenvalue weighted by atomic mass is 10.00. The Hall–Kier alpha value is -3.38. The van der Waals surface area contributed by atoms with Crippen molar-refractivity contribution in [2.24, 2.45) is 5.10 Å². The van der Waals surface area contributed by atoms with Crippen LogP contribution in [-0.4, -0.2) is 23.8 Å². The molecule has 144 valence electrons. The van der Waals surface area contributed by atoms with Crippen LogP contribution in [-0.2, 0) is 4.79 Å². The number of benzene rings is 3. The third kappa shape index (κ3) is 3.67. The van der Waals surface area contributed by atoms with Crippen LogP contribution in [0.4, 0.5) is 5.69 Å². The second-order valence-corrected chi connectivity index (χ2v) is 7.23. The van der Waals surface area contributed by atoms with Crippen LogP contribution in [0, 0.1) is 0 Å². The van der Waals surface area contributed by atoms with E-state index in [2.05, 4.69) is 21.0 Å². The van der Waals surface area contributed by atoms with Crippen molar-refractivity contribution in [2.45, 2.75) is 0 Å². The molecule has 3 aromatic carbocycles. The lowest BCUT2D eigenvalue weighted by Gasteiger charge is -2.11. The molecule has 1 aliphatic rings. The number of hydrazone groups is 1. The molecule has 0 unspecified atom stereocenters. The first-order valence-electron chi connectivity index (χ1n) is 8.90. The standard InChI is InChI=1S/C23H17BrN2O3/c1-29-20-14-15(13-19(24)22(20)27)12-18-21(16-8-4-2-5-9-16)25-26(23(18)28)17-10-6-3-7-11-17/h2-14,27H,1H3. The summed E-state index contributed by atoms with van der Waals surface area (Å²) < 4.78 is 5.70. The molecular weight excluding hydrogens is 432 g/mol. The number of carbonyl (C=O) groups is 1. The highest BCUT2D eigenvalue weighted by molar-refractivity contribution is 9.10. The quantitative estimate of drug-likeness (QED) is 0.571. The van der Waals surface area contributed by atoms with Gasteiger partial charge in [0.25, 0.3) is 5.91 Å². The van der Waals surface area contributed by atoms with Crippen molar-refractivity contribution < 1.29 is 14.6 Å². The monoisotopic (exact) mass is 448 g/mol. The summed E-state index contributed by atoms with van der Waals surface area (Å²) in [7, 11) is 1.48. The van der Waals surface area contributed by atoms with Crippen LogP contribution < -0.4 is 9.75 Å². The van der Waals surface area contributed by atoms with Crippen molar-refractivity contribution in [3.8, 4) is 11.5 Å². The largest absolute Gasteiger partial charge is 0.503 e. The van der Waals surface area contributed by atoms with Crippen LogP contribution in [0.3, 0.4) is 0 Å². The van der Waals surface area contributed by atoms with Gasteiger partial charge in [0.05, 0.1) is 22.8 Å². The maximum absolute atomic E-state index is 13.3. The van der Waals surface area contributed by atoms with E-state index in [1.54, 1.807) is 18.2 Å². The predicted octanol–water partition coefficient (Wildman–Crippen LogP) is 5.00. The summed E-state index contributed by atoms with van der Waals surface area (Å²) in [6.07, 6.45) is 1.75. The van der Waals surface area contributed by atoms with Gasteiger partial charge in [-0.2, -0.15) is 10.1 Å². The van der Waals surface area contributed by atoms with Gasteiger partial charge in [0, 0.05) is 5.56 Å². The lowest BCUT2D eigenvalue weighted by molar-refractivity contribution is -0.114. The maximum atomic E-state index is 13.3. The minimum absolute atomic E-state index is 0.00950. The van der Waals surface area contributed by atoms with Gasteiger partial charge in [-0.05, 0) is 51.8 Å². The Bertz CT molecular complexity index is 1130. The van der Waals surface area contributed by atoms with E-state index in [4.69, 9.17) is 4.74 Å². The van der Waals surface area contributed by atoms with E-state index in [0.717, 1.165) is 5.56 Å². The lowest BCUT2D eigenvalue weighted by Crippen LogP contribution is -2.21. The van der Waals surface area contributed by atoms with Gasteiger partial charge in [0.1, 0.15) is 5.71 Å². The van der Waals surface area contributed by atoms with Crippen LogP contribution in [0.25, 0.3) is 6.08 Å². The second kappa shape index (κ2) is 7.93. The Morgan fingerprint density at radius 1 is 1.03 bits per heavy atom. The van der Waals surface area contributed by atoms with Gasteiger partial charge >= 0.3 is 0 Å². The fourth-order valence-electron chi connectivity index (χ4n) is 3.10. The topological polar surface area (TPSA) is 62.1 Å². The minimum Gasteiger partial charge on any atom is -0.503 e. The number of phenols is 1. The molecule has 1 heterocycles. The van der Waals surface area contributed by atoms with Crippen molar-refractivity contribution in [3.05, 3.63) is 94.0 Å². The van der Waals surface area contributed by atoms with E-state index < -0.39 is 0 Å². The highest BCUT2D eigenvalue weighted by atomic mass is 79.9. The zero-order valence-electron chi connectivity index (χ0n) is 15.5. The second-order valence-electron chi connectivity index (χ2n) is 6.38. The first-order valence-corrected chi connectivity index (χ1v) is 9.70. The van der Waals surface area contributed by atoms with Crippen molar-refractivity contribution >= 4 is 39.3 Å². The van der Waals surface area contributed by atoms with Crippen LogP contribution >= 0.6 is 15.9 Å². The number of rotatable bonds is 4. The van der Waals surface area contributed by atoms with Gasteiger partial charge in [0.2, 0.25) is 0 Å². The first kappa shape index (κ1) is 19.0. The summed E-state index contributed by atoms with van der Waals surface area (Å²) in [5.74, 6) is 0.100. The number of aromatic hydroxyl groups is 1. The number of halogens is 1. The summed E-state index contributed by atoms with van der Waals surface area (Å²) in [6.45, 7) is 0. The Balaban J connectivity index is 1.85. The molecule has 1 amide bonds. The molecule has 0 fully saturated rings. The average molecular weight is 449 g/mol. The molecule has 0 bridgehead atoms. The minimum atomic E-state index is -0.224. The molecule has 4 rings (SSSR count). The number of methoxy groups -OCH3 is 1. The summed E-state index contributed by atoms with van der Waals surface area (Å²) in [4.78, 5) is 13.3. The summed E-state index contributed by atoms with van der Waals surface area (Å²) in [5.41, 5.74) is 3.28. The number of hydrogen-bond donors (Lipinski definition) is 1. The Morgan fingerprint density at radius 2 is 1.69 bits per heavy atom. The predicted molar refractivity (Wildman–Crippen MR) is 117 cm³/mol. The van der Waals surface area contributed by atoms with Crippen LogP contribution in [0.1, 0.15) is 11.1 Å². The number of para-hydroxylation sites is 1. The van der Waals surface area contributed by atoms with Crippen molar-refractivity contribution in [1.82, 2.24) is 0 Å². The average Bonchev–Trinajstić information content (AvgIpc) is 3.08. The number of hydrogen-bond acceptors (Lipinski definition) is 4. The number of phenolic OH excluding ortho intramolecular Hbond substituents is 1. The van der Waals surface area contributed by atoms with Crippen molar-refractivity contribution in [3.63, 3.8) is 0 Å². The molecule has 1 aliphatic heterocycles. The Kier molecular flexibility index (Phi) is 5.18. The molecule has 0 aliphatic carbocycles. The van der Waals surface area contributed by atoms with Crippen LogP contribution in [0.2, 0.25) is 0 Å². The fourth-order valence-corrected chi connectivity index (χ4v) is 3.56. The van der Waals surface area contributed by atoms with Crippen LogP contribution in [0.15, 0.2) is 87.9 Å². The molecule has 0 saturated heterocycles. The van der Waals surface area contributed by atoms with Gasteiger partial charge in [-0.25, -0.2) is 0 Å². The molecule has 3 aromatic rings. The van der Waals surface area contributed by atoms with Gasteiger partial charge in [-0.1, -0.05) is 48.5 Å². The Morgan fingerprint density at radius 3 is 2.34 bits per heavy atom. The first-order chi connectivity index (χ1) is 14.1. The summed E-state index contributed by atoms with van der Waals surface area (Å²) >= 11 is 3.33. The highest BCUT2D eigenvalue weighted by Gasteiger charge is 2.32. The van der Waals surface area contributed by atoms with E-state index in [0.29, 0.717) is 32.8 Å². The van der Waals surface area contributed by atoms with Gasteiger partial charge in [-0.3, -0.25) is 4.79 Å². The Labute approximate surface area is 176 Å². The van der Waals surface area contributed by atoms with Gasteiger partial charge in [-0.15, -0.1) is 0 Å². The van der Waals surface area contributed by atoms with E-state index in [9.17, 15) is 9.90 Å². The number of nitrogens with zero attached hydrogens (tertiary/aromatic N) is 2. The summed E-state index contributed by atoms with van der Waals surface area (Å²) in [6, 6.07) is 22.3. The molecule has 0 aromatic heterocycles. The van der Waals surface area contributed by atoms with Crippen molar-refractivity contribution in [2.75, 3.05) is 12.1 Å². The number of carbonyl (C=O) groups excluding carboxylic acids is 1. The summed E-state index contributed by atoms with van der Waals surface area (Å²) in [5, 5.41) is 16.1. The fraction of sp³-hybridized carbons (Fsp3) is 0.0435. The smallest absolute Gasteiger partial charge is 0.281 e. The molecule has 6 heteroatoms. The zero-order valence-corrected chi connectivity index (χ0v) is 17.1. The van der Waals surface area contributed by atoms with E-state index >= 15 is 0 Å².